The second-order valence-electron chi connectivity index (χ2n) is 14.0. The first-order chi connectivity index (χ1) is 24.8. The van der Waals surface area contributed by atoms with Crippen LogP contribution in [0.2, 0.25) is 0 Å². The largest absolute Gasteiger partial charge is 0.469 e. The average Bonchev–Trinajstić information content (AvgIpc) is 3.88. The molecular formula is C36H49N3O12S. The van der Waals surface area contributed by atoms with Crippen molar-refractivity contribution < 1.29 is 56.3 Å². The molecule has 2 fully saturated rings. The smallest absolute Gasteiger partial charge is 0.407 e. The summed E-state index contributed by atoms with van der Waals surface area (Å²) < 4.78 is 62.2. The third-order valence-electron chi connectivity index (χ3n) is 9.42. The molecule has 2 aromatic carbocycles. The number of hydrogen-bond donors (Lipinski definition) is 3. The van der Waals surface area contributed by atoms with E-state index in [1.165, 1.54) is 29.6 Å². The molecule has 5 rings (SSSR count). The van der Waals surface area contributed by atoms with Crippen molar-refractivity contribution in [3.05, 3.63) is 54.1 Å². The average molecular weight is 748 g/mol. The van der Waals surface area contributed by atoms with Gasteiger partial charge in [-0.25, -0.2) is 13.2 Å². The van der Waals surface area contributed by atoms with Crippen LogP contribution in [0.4, 0.5) is 4.79 Å². The van der Waals surface area contributed by atoms with Crippen molar-refractivity contribution in [1.29, 1.82) is 0 Å². The molecule has 3 aliphatic rings. The zero-order valence-electron chi connectivity index (χ0n) is 29.8. The number of benzene rings is 2. The lowest BCUT2D eigenvalue weighted by Gasteiger charge is -2.35. The van der Waals surface area contributed by atoms with Gasteiger partial charge in [0.1, 0.15) is 6.10 Å². The summed E-state index contributed by atoms with van der Waals surface area (Å²) >= 11 is 0. The van der Waals surface area contributed by atoms with Crippen LogP contribution in [0.1, 0.15) is 51.5 Å². The summed E-state index contributed by atoms with van der Waals surface area (Å²) in [4.78, 5) is 36.8. The lowest BCUT2D eigenvalue weighted by Crippen LogP contribution is -2.52. The summed E-state index contributed by atoms with van der Waals surface area (Å²) in [6, 6.07) is 12.7. The van der Waals surface area contributed by atoms with E-state index in [4.69, 9.17) is 23.7 Å². The van der Waals surface area contributed by atoms with E-state index in [0.29, 0.717) is 43.9 Å². The SMILES string of the molecule is COC(=O)CCC(=O)NCCCC(C)(C)CN(C[C@@H](O)[C@H](Cc1ccccc1)NC(=O)O[C@H]1CO[C@H]2OCC[C@H]21)S(=O)(=O)c1ccc2c(c1)OCO2. The number of carbonyl (C=O) groups excluding carboxylic acids is 3. The number of hydrogen-bond acceptors (Lipinski definition) is 12. The number of nitrogens with zero attached hydrogens (tertiary/aromatic N) is 1. The Morgan fingerprint density at radius 3 is 2.60 bits per heavy atom. The molecular weight excluding hydrogens is 698 g/mol. The molecule has 15 nitrogen and oxygen atoms in total. The van der Waals surface area contributed by atoms with Gasteiger partial charge < -0.3 is 44.2 Å². The molecule has 2 saturated heterocycles. The number of esters is 1. The molecule has 0 bridgehead atoms. The molecule has 286 valence electrons. The predicted molar refractivity (Wildman–Crippen MR) is 186 cm³/mol. The van der Waals surface area contributed by atoms with Gasteiger partial charge in [-0.15, -0.1) is 0 Å². The summed E-state index contributed by atoms with van der Waals surface area (Å²) in [5.41, 5.74) is 0.197. The number of rotatable bonds is 18. The number of amides is 2. The van der Waals surface area contributed by atoms with Gasteiger partial charge >= 0.3 is 12.1 Å². The maximum absolute atomic E-state index is 14.3. The fourth-order valence-corrected chi connectivity index (χ4v) is 8.21. The van der Waals surface area contributed by atoms with Crippen LogP contribution in [0.3, 0.4) is 0 Å². The van der Waals surface area contributed by atoms with Gasteiger partial charge in [0.15, 0.2) is 17.8 Å². The zero-order valence-corrected chi connectivity index (χ0v) is 30.6. The number of fused-ring (bicyclic) bond motifs is 2. The first kappa shape index (κ1) is 39.3. The Morgan fingerprint density at radius 2 is 1.83 bits per heavy atom. The molecule has 0 spiro atoms. The van der Waals surface area contributed by atoms with Crippen molar-refractivity contribution in [2.24, 2.45) is 11.3 Å². The molecule has 3 heterocycles. The van der Waals surface area contributed by atoms with Crippen molar-refractivity contribution in [2.75, 3.05) is 46.8 Å². The fourth-order valence-electron chi connectivity index (χ4n) is 6.55. The molecule has 3 N–H and O–H groups in total. The number of alkyl carbamates (subject to hydrolysis) is 1. The van der Waals surface area contributed by atoms with Crippen LogP contribution in [0.15, 0.2) is 53.4 Å². The number of ether oxygens (including phenoxy) is 6. The number of carbonyl (C=O) groups is 3. The van der Waals surface area contributed by atoms with Gasteiger partial charge in [-0.1, -0.05) is 44.2 Å². The van der Waals surface area contributed by atoms with Crippen molar-refractivity contribution in [3.8, 4) is 11.5 Å². The van der Waals surface area contributed by atoms with Crippen LogP contribution in [0.25, 0.3) is 0 Å². The van der Waals surface area contributed by atoms with E-state index in [0.717, 1.165) is 5.56 Å². The highest BCUT2D eigenvalue weighted by atomic mass is 32.2. The Labute approximate surface area is 304 Å². The van der Waals surface area contributed by atoms with Crippen LogP contribution in [-0.4, -0.2) is 107 Å². The van der Waals surface area contributed by atoms with Gasteiger partial charge in [-0.3, -0.25) is 9.59 Å². The molecule has 5 atom stereocenters. The monoisotopic (exact) mass is 747 g/mol. The maximum atomic E-state index is 14.3. The highest BCUT2D eigenvalue weighted by Gasteiger charge is 2.44. The highest BCUT2D eigenvalue weighted by molar-refractivity contribution is 7.89. The molecule has 52 heavy (non-hydrogen) atoms. The number of methoxy groups -OCH3 is 1. The lowest BCUT2D eigenvalue weighted by molar-refractivity contribution is -0.142. The van der Waals surface area contributed by atoms with E-state index >= 15 is 0 Å². The second kappa shape index (κ2) is 17.7. The number of aliphatic hydroxyl groups is 1. The number of sulfonamides is 1. The molecule has 3 aliphatic heterocycles. The van der Waals surface area contributed by atoms with E-state index in [2.05, 4.69) is 15.4 Å². The van der Waals surface area contributed by atoms with Crippen molar-refractivity contribution in [2.45, 2.75) is 81.8 Å². The summed E-state index contributed by atoms with van der Waals surface area (Å²) in [6.07, 6.45) is -1.11. The van der Waals surface area contributed by atoms with Gasteiger partial charge in [0, 0.05) is 32.1 Å². The van der Waals surface area contributed by atoms with Crippen molar-refractivity contribution in [1.82, 2.24) is 14.9 Å². The van der Waals surface area contributed by atoms with E-state index in [-0.39, 0.29) is 62.5 Å². The molecule has 0 radical (unpaired) electrons. The van der Waals surface area contributed by atoms with Crippen LogP contribution < -0.4 is 20.1 Å². The lowest BCUT2D eigenvalue weighted by atomic mass is 9.87. The first-order valence-corrected chi connectivity index (χ1v) is 18.9. The second-order valence-corrected chi connectivity index (χ2v) is 15.9. The van der Waals surface area contributed by atoms with Gasteiger partial charge in [0.05, 0.1) is 49.7 Å². The Hall–Kier alpha value is -3.96. The summed E-state index contributed by atoms with van der Waals surface area (Å²) in [6.45, 7) is 4.46. The quantitative estimate of drug-likeness (QED) is 0.150. The third kappa shape index (κ3) is 10.6. The summed E-state index contributed by atoms with van der Waals surface area (Å²) in [5.74, 6) is -0.123. The van der Waals surface area contributed by atoms with Crippen molar-refractivity contribution >= 4 is 28.0 Å². The van der Waals surface area contributed by atoms with E-state index in [1.54, 1.807) is 0 Å². The van der Waals surface area contributed by atoms with E-state index in [1.807, 2.05) is 44.2 Å². The normalized spacial score (nSPS) is 20.6. The molecule has 16 heteroatoms. The van der Waals surface area contributed by atoms with E-state index < -0.39 is 52.0 Å². The zero-order chi connectivity index (χ0) is 37.3. The van der Waals surface area contributed by atoms with Crippen LogP contribution >= 0.6 is 0 Å². The van der Waals surface area contributed by atoms with E-state index in [9.17, 15) is 27.9 Å². The number of aliphatic hydroxyl groups excluding tert-OH is 1. The first-order valence-electron chi connectivity index (χ1n) is 17.5. The predicted octanol–water partition coefficient (Wildman–Crippen LogP) is 2.74. The number of nitrogens with one attached hydrogen (secondary N) is 2. The standard InChI is InChI=1S/C36H49N3O12S/c1-36(2,15-7-16-37-32(41)12-13-33(42)46-3)22-39(52(44,45)25-10-11-29-30(19-25)50-23-49-29)20-28(40)27(18-24-8-5-4-6-9-24)38-35(43)51-31-21-48-34-26(31)14-17-47-34/h4-6,8-11,19,26-28,31,34,40H,7,12-18,20-23H2,1-3H3,(H,37,41)(H,38,43)/t26-,27-,28+,31-,34+/m0/s1. The fraction of sp³-hybridized carbons (Fsp3) is 0.583. The Kier molecular flexibility index (Phi) is 13.4. The third-order valence-corrected chi connectivity index (χ3v) is 11.2. The molecule has 0 aliphatic carbocycles. The molecule has 0 aromatic heterocycles. The van der Waals surface area contributed by atoms with Crippen molar-refractivity contribution in [3.63, 3.8) is 0 Å². The van der Waals surface area contributed by atoms with Crippen LogP contribution in [0, 0.1) is 11.3 Å². The molecule has 2 aromatic rings. The Balaban J connectivity index is 1.31. The Morgan fingerprint density at radius 1 is 1.06 bits per heavy atom. The van der Waals surface area contributed by atoms with Gasteiger partial charge in [-0.2, -0.15) is 4.31 Å². The minimum absolute atomic E-state index is 0.00209. The van der Waals surface area contributed by atoms with Crippen LogP contribution in [-0.2, 0) is 45.0 Å². The topological polar surface area (TPSA) is 188 Å². The van der Waals surface area contributed by atoms with Gasteiger partial charge in [-0.05, 0) is 48.8 Å². The van der Waals surface area contributed by atoms with Crippen LogP contribution in [0.5, 0.6) is 11.5 Å². The molecule has 0 unspecified atom stereocenters. The van der Waals surface area contributed by atoms with Gasteiger partial charge in [0.25, 0.3) is 0 Å². The molecule has 0 saturated carbocycles. The Bertz CT molecular complexity index is 1640. The highest BCUT2D eigenvalue weighted by Crippen LogP contribution is 2.36. The minimum Gasteiger partial charge on any atom is -0.469 e. The minimum atomic E-state index is -4.23. The molecule has 2 amide bonds. The maximum Gasteiger partial charge on any atom is 0.407 e. The summed E-state index contributed by atoms with van der Waals surface area (Å²) in [5, 5.41) is 17.4. The summed E-state index contributed by atoms with van der Waals surface area (Å²) in [7, 11) is -2.96. The van der Waals surface area contributed by atoms with Gasteiger partial charge in [0.2, 0.25) is 22.7 Å².